The van der Waals surface area contributed by atoms with Gasteiger partial charge in [-0.3, -0.25) is 4.79 Å². The van der Waals surface area contributed by atoms with Crippen molar-refractivity contribution in [3.8, 4) is 22.6 Å². The standard InChI is InChI=1S/C23H19NO3/c25-23(24-20-11-12-21-22(16-20)27-15-14-26-21)13-8-17-6-9-19(10-7-17)18-4-2-1-3-5-18/h1-13,16H,14-15H2,(H,24,25). The number of benzene rings is 3. The highest BCUT2D eigenvalue weighted by Gasteiger charge is 2.12. The maximum Gasteiger partial charge on any atom is 0.248 e. The van der Waals surface area contributed by atoms with Crippen LogP contribution < -0.4 is 14.8 Å². The van der Waals surface area contributed by atoms with Crippen molar-refractivity contribution in [1.82, 2.24) is 0 Å². The fourth-order valence-electron chi connectivity index (χ4n) is 2.89. The van der Waals surface area contributed by atoms with E-state index in [2.05, 4.69) is 17.4 Å². The molecule has 1 aliphatic rings. The molecule has 0 atom stereocenters. The van der Waals surface area contributed by atoms with E-state index in [0.717, 1.165) is 11.1 Å². The molecule has 0 radical (unpaired) electrons. The predicted octanol–water partition coefficient (Wildman–Crippen LogP) is 4.78. The normalized spacial score (nSPS) is 12.7. The zero-order chi connectivity index (χ0) is 18.5. The fraction of sp³-hybridized carbons (Fsp3) is 0.0870. The molecule has 1 aliphatic heterocycles. The summed E-state index contributed by atoms with van der Waals surface area (Å²) in [4.78, 5) is 12.2. The maximum absolute atomic E-state index is 12.2. The number of hydrogen-bond acceptors (Lipinski definition) is 3. The third-order valence-electron chi connectivity index (χ3n) is 4.25. The molecule has 1 heterocycles. The maximum atomic E-state index is 12.2. The van der Waals surface area contributed by atoms with Crippen LogP contribution in [0.2, 0.25) is 0 Å². The molecular formula is C23H19NO3. The van der Waals surface area contributed by atoms with Crippen molar-refractivity contribution in [3.63, 3.8) is 0 Å². The Kier molecular flexibility index (Phi) is 4.88. The molecular weight excluding hydrogens is 338 g/mol. The SMILES string of the molecule is O=C(C=Cc1ccc(-c2ccccc2)cc1)Nc1ccc2c(c1)OCCO2. The summed E-state index contributed by atoms with van der Waals surface area (Å²) in [6.07, 6.45) is 3.32. The first-order valence-corrected chi connectivity index (χ1v) is 8.82. The molecule has 1 amide bonds. The number of hydrogen-bond donors (Lipinski definition) is 1. The fourth-order valence-corrected chi connectivity index (χ4v) is 2.89. The van der Waals surface area contributed by atoms with Gasteiger partial charge < -0.3 is 14.8 Å². The van der Waals surface area contributed by atoms with E-state index in [4.69, 9.17) is 9.47 Å². The molecule has 4 rings (SSSR count). The van der Waals surface area contributed by atoms with Crippen molar-refractivity contribution in [2.45, 2.75) is 0 Å². The second-order valence-electron chi connectivity index (χ2n) is 6.17. The van der Waals surface area contributed by atoms with Gasteiger partial charge in [0.25, 0.3) is 0 Å². The lowest BCUT2D eigenvalue weighted by Gasteiger charge is -2.18. The van der Waals surface area contributed by atoms with Crippen molar-refractivity contribution in [1.29, 1.82) is 0 Å². The Balaban J connectivity index is 1.40. The van der Waals surface area contributed by atoms with Gasteiger partial charge in [0, 0.05) is 17.8 Å². The molecule has 3 aromatic carbocycles. The van der Waals surface area contributed by atoms with Gasteiger partial charge in [-0.2, -0.15) is 0 Å². The summed E-state index contributed by atoms with van der Waals surface area (Å²) in [6, 6.07) is 23.7. The van der Waals surface area contributed by atoms with E-state index in [1.807, 2.05) is 42.5 Å². The minimum atomic E-state index is -0.196. The van der Waals surface area contributed by atoms with Crippen molar-refractivity contribution >= 4 is 17.7 Å². The smallest absolute Gasteiger partial charge is 0.248 e. The highest BCUT2D eigenvalue weighted by Crippen LogP contribution is 2.32. The molecule has 0 bridgehead atoms. The van der Waals surface area contributed by atoms with Crippen molar-refractivity contribution < 1.29 is 14.3 Å². The number of amides is 1. The highest BCUT2D eigenvalue weighted by molar-refractivity contribution is 6.02. The number of anilines is 1. The number of nitrogens with one attached hydrogen (secondary N) is 1. The predicted molar refractivity (Wildman–Crippen MR) is 107 cm³/mol. The van der Waals surface area contributed by atoms with Gasteiger partial charge in [-0.1, -0.05) is 54.6 Å². The minimum absolute atomic E-state index is 0.196. The molecule has 1 N–H and O–H groups in total. The lowest BCUT2D eigenvalue weighted by atomic mass is 10.0. The Morgan fingerprint density at radius 3 is 2.30 bits per heavy atom. The molecule has 0 spiro atoms. The Labute approximate surface area is 158 Å². The molecule has 4 nitrogen and oxygen atoms in total. The molecule has 0 saturated carbocycles. The van der Waals surface area contributed by atoms with Crippen molar-refractivity contribution in [2.24, 2.45) is 0 Å². The monoisotopic (exact) mass is 357 g/mol. The third kappa shape index (κ3) is 4.18. The van der Waals surface area contributed by atoms with Crippen molar-refractivity contribution in [3.05, 3.63) is 84.4 Å². The Bertz CT molecular complexity index is 963. The zero-order valence-corrected chi connectivity index (χ0v) is 14.7. The van der Waals surface area contributed by atoms with E-state index >= 15 is 0 Å². The number of rotatable bonds is 4. The van der Waals surface area contributed by atoms with Crippen LogP contribution in [-0.2, 0) is 4.79 Å². The number of ether oxygens (including phenoxy) is 2. The largest absolute Gasteiger partial charge is 0.486 e. The van der Waals surface area contributed by atoms with Crippen LogP contribution in [0.3, 0.4) is 0 Å². The van der Waals surface area contributed by atoms with Crippen LogP contribution in [0.5, 0.6) is 11.5 Å². The van der Waals surface area contributed by atoms with E-state index in [1.165, 1.54) is 11.6 Å². The van der Waals surface area contributed by atoms with Gasteiger partial charge in [0.05, 0.1) is 0 Å². The number of carbonyl (C=O) groups excluding carboxylic acids is 1. The summed E-state index contributed by atoms with van der Waals surface area (Å²) in [5.41, 5.74) is 3.96. The van der Waals surface area contributed by atoms with Gasteiger partial charge in [0.1, 0.15) is 13.2 Å². The second kappa shape index (κ2) is 7.79. The topological polar surface area (TPSA) is 47.6 Å². The van der Waals surface area contributed by atoms with E-state index in [1.54, 1.807) is 24.3 Å². The van der Waals surface area contributed by atoms with Gasteiger partial charge in [0.2, 0.25) is 5.91 Å². The lowest BCUT2D eigenvalue weighted by molar-refractivity contribution is -0.111. The first-order chi connectivity index (χ1) is 13.3. The third-order valence-corrected chi connectivity index (χ3v) is 4.25. The molecule has 0 aliphatic carbocycles. The van der Waals surface area contributed by atoms with Gasteiger partial charge in [-0.05, 0) is 34.9 Å². The molecule has 134 valence electrons. The summed E-state index contributed by atoms with van der Waals surface area (Å²) >= 11 is 0. The summed E-state index contributed by atoms with van der Waals surface area (Å²) < 4.78 is 11.0. The van der Waals surface area contributed by atoms with Gasteiger partial charge in [-0.15, -0.1) is 0 Å². The molecule has 0 saturated heterocycles. The summed E-state index contributed by atoms with van der Waals surface area (Å²) in [7, 11) is 0. The van der Waals surface area contributed by atoms with E-state index < -0.39 is 0 Å². The molecule has 3 aromatic rings. The van der Waals surface area contributed by atoms with E-state index in [-0.39, 0.29) is 5.91 Å². The summed E-state index contributed by atoms with van der Waals surface area (Å²) in [6.45, 7) is 1.06. The van der Waals surface area contributed by atoms with Crippen LogP contribution in [0.15, 0.2) is 78.9 Å². The average molecular weight is 357 g/mol. The number of fused-ring (bicyclic) bond motifs is 1. The van der Waals surface area contributed by atoms with Gasteiger partial charge in [0.15, 0.2) is 11.5 Å². The molecule has 27 heavy (non-hydrogen) atoms. The van der Waals surface area contributed by atoms with Crippen LogP contribution in [0.25, 0.3) is 17.2 Å². The van der Waals surface area contributed by atoms with Crippen LogP contribution in [-0.4, -0.2) is 19.1 Å². The van der Waals surface area contributed by atoms with Gasteiger partial charge >= 0.3 is 0 Å². The van der Waals surface area contributed by atoms with E-state index in [0.29, 0.717) is 30.4 Å². The van der Waals surface area contributed by atoms with Crippen LogP contribution in [0.1, 0.15) is 5.56 Å². The Hall–Kier alpha value is -3.53. The Morgan fingerprint density at radius 2 is 1.52 bits per heavy atom. The molecule has 0 fully saturated rings. The number of carbonyl (C=O) groups is 1. The van der Waals surface area contributed by atoms with Crippen LogP contribution in [0.4, 0.5) is 5.69 Å². The average Bonchev–Trinajstić information content (AvgIpc) is 2.73. The molecule has 4 heteroatoms. The van der Waals surface area contributed by atoms with Crippen molar-refractivity contribution in [2.75, 3.05) is 18.5 Å². The highest BCUT2D eigenvalue weighted by atomic mass is 16.6. The van der Waals surface area contributed by atoms with E-state index in [9.17, 15) is 4.79 Å². The second-order valence-corrected chi connectivity index (χ2v) is 6.17. The summed E-state index contributed by atoms with van der Waals surface area (Å²) in [5, 5.41) is 2.84. The zero-order valence-electron chi connectivity index (χ0n) is 14.7. The molecule has 0 unspecified atom stereocenters. The summed E-state index contributed by atoms with van der Waals surface area (Å²) in [5.74, 6) is 1.16. The first kappa shape index (κ1) is 16.9. The molecule has 0 aromatic heterocycles. The van der Waals surface area contributed by atoms with Gasteiger partial charge in [-0.25, -0.2) is 0 Å². The first-order valence-electron chi connectivity index (χ1n) is 8.82. The minimum Gasteiger partial charge on any atom is -0.486 e. The lowest BCUT2D eigenvalue weighted by Crippen LogP contribution is -2.16. The quantitative estimate of drug-likeness (QED) is 0.684. The Morgan fingerprint density at radius 1 is 0.815 bits per heavy atom. The van der Waals surface area contributed by atoms with Crippen LogP contribution in [0, 0.1) is 0 Å². The van der Waals surface area contributed by atoms with Crippen LogP contribution >= 0.6 is 0 Å².